The number of nitrogens with zero attached hydrogens (tertiary/aromatic N) is 8. The largest absolute Gasteiger partial charge is 0.304 e. The quantitative estimate of drug-likeness (QED) is 0.360. The second kappa shape index (κ2) is 6.20. The zero-order valence-corrected chi connectivity index (χ0v) is 16.0. The molecule has 0 atom stereocenters. The van der Waals surface area contributed by atoms with Gasteiger partial charge in [0.05, 0.1) is 23.2 Å². The van der Waals surface area contributed by atoms with Gasteiger partial charge in [-0.05, 0) is 19.9 Å². The molecule has 0 aliphatic carbocycles. The number of hydrogen-bond donors (Lipinski definition) is 2. The third-order valence-corrected chi connectivity index (χ3v) is 4.98. The molecule has 0 spiro atoms. The molecule has 0 aromatic carbocycles. The summed E-state index contributed by atoms with van der Waals surface area (Å²) < 4.78 is 15.6. The summed E-state index contributed by atoms with van der Waals surface area (Å²) in [5.41, 5.74) is 1.08. The van der Waals surface area contributed by atoms with Crippen molar-refractivity contribution in [2.75, 3.05) is 11.2 Å². The number of halogens is 1. The number of fused-ring (bicyclic) bond motifs is 2. The molecule has 3 N–H and O–H groups in total. The number of rotatable bonds is 3. The SMILES string of the molecule is CC1(C)C(=O)Nc2nc(-c3nn(Cc4cncnc4)c4ncc(F)cc34)n[n+](N)c21. The molecule has 12 heteroatoms. The average molecular weight is 407 g/mol. The molecule has 1 aliphatic rings. The van der Waals surface area contributed by atoms with Gasteiger partial charge in [0.2, 0.25) is 11.7 Å². The Labute approximate surface area is 168 Å². The molecule has 0 saturated carbocycles. The van der Waals surface area contributed by atoms with Crippen LogP contribution in [0.3, 0.4) is 0 Å². The van der Waals surface area contributed by atoms with E-state index in [0.717, 1.165) is 16.6 Å². The van der Waals surface area contributed by atoms with E-state index in [9.17, 15) is 9.18 Å². The van der Waals surface area contributed by atoms with Crippen LogP contribution in [0.2, 0.25) is 0 Å². The van der Waals surface area contributed by atoms with Crippen LogP contribution in [0.15, 0.2) is 31.0 Å². The molecule has 30 heavy (non-hydrogen) atoms. The summed E-state index contributed by atoms with van der Waals surface area (Å²) in [6, 6.07) is 1.31. The number of aromatic nitrogens is 8. The van der Waals surface area contributed by atoms with Gasteiger partial charge in [-0.3, -0.25) is 4.79 Å². The van der Waals surface area contributed by atoms with E-state index in [0.29, 0.717) is 29.1 Å². The van der Waals surface area contributed by atoms with Crippen LogP contribution in [-0.4, -0.2) is 40.7 Å². The monoisotopic (exact) mass is 407 g/mol. The number of hydrogen-bond acceptors (Lipinski definition) is 8. The molecular weight excluding hydrogens is 391 g/mol. The summed E-state index contributed by atoms with van der Waals surface area (Å²) in [5, 5.41) is 12.0. The van der Waals surface area contributed by atoms with Crippen molar-refractivity contribution >= 4 is 22.8 Å². The highest BCUT2D eigenvalue weighted by Gasteiger charge is 2.49. The molecule has 0 unspecified atom stereocenters. The van der Waals surface area contributed by atoms with Gasteiger partial charge in [-0.15, -0.1) is 0 Å². The Morgan fingerprint density at radius 2 is 2.03 bits per heavy atom. The Kier molecular flexibility index (Phi) is 3.72. The van der Waals surface area contributed by atoms with Crippen molar-refractivity contribution in [3.63, 3.8) is 0 Å². The Bertz CT molecular complexity index is 1320. The van der Waals surface area contributed by atoms with Crippen LogP contribution < -0.4 is 16.0 Å². The first-order chi connectivity index (χ1) is 14.3. The molecule has 4 aromatic rings. The zero-order chi connectivity index (χ0) is 21.0. The van der Waals surface area contributed by atoms with E-state index in [-0.39, 0.29) is 17.4 Å². The molecule has 11 nitrogen and oxygen atoms in total. The van der Waals surface area contributed by atoms with Crippen molar-refractivity contribution in [3.05, 3.63) is 48.1 Å². The van der Waals surface area contributed by atoms with E-state index in [4.69, 9.17) is 5.84 Å². The first-order valence-electron chi connectivity index (χ1n) is 9.02. The van der Waals surface area contributed by atoms with Crippen LogP contribution in [-0.2, 0) is 16.8 Å². The van der Waals surface area contributed by atoms with Crippen molar-refractivity contribution in [1.82, 2.24) is 34.8 Å². The van der Waals surface area contributed by atoms with Gasteiger partial charge >= 0.3 is 0 Å². The Morgan fingerprint density at radius 3 is 2.80 bits per heavy atom. The second-order valence-electron chi connectivity index (χ2n) is 7.43. The number of amides is 1. The van der Waals surface area contributed by atoms with E-state index in [2.05, 4.69) is 35.5 Å². The summed E-state index contributed by atoms with van der Waals surface area (Å²) >= 11 is 0. The number of pyridine rings is 1. The first kappa shape index (κ1) is 18.0. The fourth-order valence-corrected chi connectivity index (χ4v) is 3.48. The molecule has 0 saturated heterocycles. The van der Waals surface area contributed by atoms with Crippen molar-refractivity contribution < 1.29 is 14.0 Å². The third kappa shape index (κ3) is 2.64. The van der Waals surface area contributed by atoms with Gasteiger partial charge < -0.3 is 5.32 Å². The van der Waals surface area contributed by atoms with Gasteiger partial charge in [0.1, 0.15) is 23.3 Å². The predicted octanol–water partition coefficient (Wildman–Crippen LogP) is 0.0967. The zero-order valence-electron chi connectivity index (χ0n) is 16.0. The second-order valence-corrected chi connectivity index (χ2v) is 7.43. The predicted molar refractivity (Wildman–Crippen MR) is 102 cm³/mol. The van der Waals surface area contributed by atoms with Crippen LogP contribution >= 0.6 is 0 Å². The summed E-state index contributed by atoms with van der Waals surface area (Å²) in [7, 11) is 0. The van der Waals surface area contributed by atoms with Gasteiger partial charge in [0, 0.05) is 22.7 Å². The lowest BCUT2D eigenvalue weighted by Crippen LogP contribution is -2.55. The molecule has 0 fully saturated rings. The van der Waals surface area contributed by atoms with E-state index >= 15 is 0 Å². The summed E-state index contributed by atoms with van der Waals surface area (Å²) in [4.78, 5) is 30.0. The standard InChI is InChI=1S/C18H15FN10O/c1-18(2)13-15(25-17(18)30)24-14(27-29(13)20)12-11-3-10(19)6-23-16(11)28(26-12)7-9-4-21-8-22-5-9/h3-6,8H,7H2,1-2H3,(H2-,20,24,25,27,30)/p+1. The smallest absolute Gasteiger partial charge is 0.299 e. The maximum atomic E-state index is 14.0. The lowest BCUT2D eigenvalue weighted by atomic mass is 9.91. The molecule has 5 heterocycles. The lowest BCUT2D eigenvalue weighted by molar-refractivity contribution is -0.708. The normalized spacial score (nSPS) is 14.7. The minimum atomic E-state index is -0.884. The fraction of sp³-hybridized carbons (Fsp3) is 0.222. The van der Waals surface area contributed by atoms with Crippen molar-refractivity contribution in [1.29, 1.82) is 0 Å². The third-order valence-electron chi connectivity index (χ3n) is 4.98. The summed E-state index contributed by atoms with van der Waals surface area (Å²) in [5.74, 6) is 5.75. The Balaban J connectivity index is 1.69. The van der Waals surface area contributed by atoms with Gasteiger partial charge in [-0.2, -0.15) is 15.9 Å². The fourth-order valence-electron chi connectivity index (χ4n) is 3.48. The molecule has 0 radical (unpaired) electrons. The minimum Gasteiger partial charge on any atom is -0.304 e. The van der Waals surface area contributed by atoms with E-state index in [1.165, 1.54) is 12.4 Å². The minimum absolute atomic E-state index is 0.134. The Morgan fingerprint density at radius 1 is 1.27 bits per heavy atom. The maximum absolute atomic E-state index is 14.0. The van der Waals surface area contributed by atoms with E-state index in [1.807, 2.05) is 0 Å². The molecular formula is C18H16FN10O+. The molecule has 0 bridgehead atoms. The van der Waals surface area contributed by atoms with Crippen LogP contribution in [0.1, 0.15) is 25.1 Å². The molecule has 4 aromatic heterocycles. The maximum Gasteiger partial charge on any atom is 0.299 e. The van der Waals surface area contributed by atoms with Crippen LogP contribution in [0.25, 0.3) is 22.6 Å². The topological polar surface area (TPSA) is 141 Å². The van der Waals surface area contributed by atoms with Gasteiger partial charge in [-0.25, -0.2) is 24.0 Å². The summed E-state index contributed by atoms with van der Waals surface area (Å²) in [6.07, 6.45) is 5.85. The average Bonchev–Trinajstić information content (AvgIpc) is 3.16. The summed E-state index contributed by atoms with van der Waals surface area (Å²) in [6.45, 7) is 3.77. The number of anilines is 1. The molecule has 1 amide bonds. The highest BCUT2D eigenvalue weighted by Crippen LogP contribution is 2.34. The number of nitrogens with two attached hydrogens (primary N) is 1. The molecule has 150 valence electrons. The van der Waals surface area contributed by atoms with E-state index in [1.54, 1.807) is 30.9 Å². The highest BCUT2D eigenvalue weighted by atomic mass is 19.1. The van der Waals surface area contributed by atoms with Crippen molar-refractivity contribution in [3.8, 4) is 11.5 Å². The number of carbonyl (C=O) groups is 1. The van der Waals surface area contributed by atoms with E-state index < -0.39 is 11.2 Å². The van der Waals surface area contributed by atoms with Crippen LogP contribution in [0.5, 0.6) is 0 Å². The van der Waals surface area contributed by atoms with Gasteiger partial charge in [0.15, 0.2) is 5.65 Å². The number of carbonyl (C=O) groups excluding carboxylic acids is 1. The van der Waals surface area contributed by atoms with Crippen LogP contribution in [0.4, 0.5) is 10.2 Å². The lowest BCUT2D eigenvalue weighted by Gasteiger charge is -2.08. The first-order valence-corrected chi connectivity index (χ1v) is 9.02. The van der Waals surface area contributed by atoms with Gasteiger partial charge in [-0.1, -0.05) is 0 Å². The number of nitrogen functional groups attached to an aromatic ring is 1. The number of nitrogens with one attached hydrogen (secondary N) is 1. The molecule has 5 rings (SSSR count). The van der Waals surface area contributed by atoms with Crippen LogP contribution in [0, 0.1) is 5.82 Å². The van der Waals surface area contributed by atoms with Crippen molar-refractivity contribution in [2.24, 2.45) is 0 Å². The highest BCUT2D eigenvalue weighted by molar-refractivity contribution is 6.03. The Hall–Kier alpha value is -4.09. The van der Waals surface area contributed by atoms with Crippen molar-refractivity contribution in [2.45, 2.75) is 25.8 Å². The van der Waals surface area contributed by atoms with Gasteiger partial charge in [0.25, 0.3) is 11.5 Å². The molecule has 1 aliphatic heterocycles.